The lowest BCUT2D eigenvalue weighted by atomic mass is 10.0. The van der Waals surface area contributed by atoms with E-state index in [2.05, 4.69) is 36.4 Å². The van der Waals surface area contributed by atoms with Gasteiger partial charge in [-0.3, -0.25) is 4.98 Å². The molecule has 0 aromatic carbocycles. The van der Waals surface area contributed by atoms with Crippen molar-refractivity contribution in [2.24, 2.45) is 5.92 Å². The second kappa shape index (κ2) is 8.76. The van der Waals surface area contributed by atoms with Crippen LogP contribution < -0.4 is 5.32 Å². The lowest BCUT2D eigenvalue weighted by molar-refractivity contribution is -0.141. The number of hydrogen-bond acceptors (Lipinski definition) is 7. The number of pyridine rings is 1. The number of anilines is 2. The summed E-state index contributed by atoms with van der Waals surface area (Å²) in [5.41, 5.74) is -0.568. The molecule has 0 bridgehead atoms. The largest absolute Gasteiger partial charge is 0.435 e. The van der Waals surface area contributed by atoms with Gasteiger partial charge in [-0.05, 0) is 49.8 Å². The molecule has 0 aliphatic heterocycles. The van der Waals surface area contributed by atoms with Crippen LogP contribution in [0.15, 0.2) is 30.6 Å². The molecule has 0 spiro atoms. The third kappa shape index (κ3) is 5.12. The zero-order chi connectivity index (χ0) is 25.6. The molecule has 2 aliphatic carbocycles. The molecule has 0 radical (unpaired) electrons. The minimum atomic E-state index is -4.64. The maximum Gasteiger partial charge on any atom is 0.435 e. The SMILES string of the molecule is N#CC1(c2cc(Nc3nc(CC[C@H]4CCC(F)(F)C4)nc(-n4ccc(C(F)(F)F)n4)n3)ccn2)CC1. The fourth-order valence-corrected chi connectivity index (χ4v) is 4.33. The number of nitriles is 1. The highest BCUT2D eigenvalue weighted by atomic mass is 19.4. The quantitative estimate of drug-likeness (QED) is 0.444. The first kappa shape index (κ1) is 24.0. The first-order valence-corrected chi connectivity index (χ1v) is 11.5. The molecule has 36 heavy (non-hydrogen) atoms. The number of nitrogens with one attached hydrogen (secondary N) is 1. The average Bonchev–Trinajstić information content (AvgIpc) is 3.30. The van der Waals surface area contributed by atoms with Crippen molar-refractivity contribution < 1.29 is 22.0 Å². The summed E-state index contributed by atoms with van der Waals surface area (Å²) in [6.07, 6.45) is 0.112. The Morgan fingerprint density at radius 2 is 1.94 bits per heavy atom. The van der Waals surface area contributed by atoms with Crippen LogP contribution in [0.2, 0.25) is 0 Å². The smallest absolute Gasteiger partial charge is 0.324 e. The Labute approximate surface area is 202 Å². The maximum atomic E-state index is 13.6. The molecule has 3 aromatic heterocycles. The van der Waals surface area contributed by atoms with E-state index in [4.69, 9.17) is 0 Å². The molecule has 2 fully saturated rings. The van der Waals surface area contributed by atoms with Gasteiger partial charge in [0.1, 0.15) is 5.82 Å². The molecular formula is C23H21F5N8. The third-order valence-corrected chi connectivity index (χ3v) is 6.51. The maximum absolute atomic E-state index is 13.6. The summed E-state index contributed by atoms with van der Waals surface area (Å²) in [5.74, 6) is -2.71. The molecule has 5 rings (SSSR count). The van der Waals surface area contributed by atoms with E-state index in [1.807, 2.05) is 0 Å². The van der Waals surface area contributed by atoms with Gasteiger partial charge in [0.15, 0.2) is 5.69 Å². The standard InChI is InChI=1S/C23H21F5N8/c24-22(25)6-3-14(12-22)1-2-18-32-19(31-15-4-9-30-17(11-15)21(13-29)7-8-21)34-20(33-18)36-10-5-16(35-36)23(26,27)28/h4-5,9-11,14H,1-3,6-8,12H2,(H,30,31,32,33,34)/t14-/m0/s1. The van der Waals surface area contributed by atoms with Gasteiger partial charge < -0.3 is 5.32 Å². The fourth-order valence-electron chi connectivity index (χ4n) is 4.33. The van der Waals surface area contributed by atoms with Crippen LogP contribution in [0.1, 0.15) is 55.7 Å². The van der Waals surface area contributed by atoms with Gasteiger partial charge in [-0.25, -0.2) is 13.5 Å². The Balaban J connectivity index is 1.42. The number of aromatic nitrogens is 6. The molecule has 3 heterocycles. The van der Waals surface area contributed by atoms with E-state index in [1.165, 1.54) is 0 Å². The molecule has 13 heteroatoms. The summed E-state index contributed by atoms with van der Waals surface area (Å²) in [4.78, 5) is 17.1. The van der Waals surface area contributed by atoms with Crippen molar-refractivity contribution in [3.05, 3.63) is 47.8 Å². The van der Waals surface area contributed by atoms with Gasteiger partial charge in [0.25, 0.3) is 5.95 Å². The van der Waals surface area contributed by atoms with Crippen LogP contribution in [0.3, 0.4) is 0 Å². The molecule has 188 valence electrons. The molecule has 3 aromatic rings. The zero-order valence-electron chi connectivity index (χ0n) is 18.9. The van der Waals surface area contributed by atoms with Crippen LogP contribution in [0.25, 0.3) is 5.95 Å². The van der Waals surface area contributed by atoms with Crippen LogP contribution in [-0.2, 0) is 18.0 Å². The monoisotopic (exact) mass is 504 g/mol. The van der Waals surface area contributed by atoms with Crippen molar-refractivity contribution in [3.63, 3.8) is 0 Å². The Kier molecular flexibility index (Phi) is 5.84. The summed E-state index contributed by atoms with van der Waals surface area (Å²) in [6.45, 7) is 0. The van der Waals surface area contributed by atoms with Gasteiger partial charge in [0.05, 0.1) is 17.2 Å². The van der Waals surface area contributed by atoms with Gasteiger partial charge >= 0.3 is 6.18 Å². The number of alkyl halides is 5. The van der Waals surface area contributed by atoms with Crippen LogP contribution in [-0.4, -0.2) is 35.6 Å². The molecule has 0 unspecified atom stereocenters. The lowest BCUT2D eigenvalue weighted by Crippen LogP contribution is -2.13. The number of halogens is 5. The predicted octanol–water partition coefficient (Wildman–Crippen LogP) is 5.14. The highest BCUT2D eigenvalue weighted by Gasteiger charge is 2.46. The van der Waals surface area contributed by atoms with E-state index in [1.54, 1.807) is 18.3 Å². The molecule has 1 N–H and O–H groups in total. The highest BCUT2D eigenvalue weighted by Crippen LogP contribution is 2.47. The molecule has 2 saturated carbocycles. The fraction of sp³-hybridized carbons (Fsp3) is 0.478. The van der Waals surface area contributed by atoms with E-state index < -0.39 is 23.2 Å². The number of rotatable bonds is 7. The molecule has 1 atom stereocenters. The van der Waals surface area contributed by atoms with Crippen molar-refractivity contribution in [1.29, 1.82) is 5.26 Å². The molecule has 2 aliphatic rings. The minimum Gasteiger partial charge on any atom is -0.324 e. The number of hydrogen-bond donors (Lipinski definition) is 1. The Morgan fingerprint density at radius 3 is 2.58 bits per heavy atom. The Hall–Kier alpha value is -3.69. The summed E-state index contributed by atoms with van der Waals surface area (Å²) >= 11 is 0. The molecule has 0 amide bonds. The summed E-state index contributed by atoms with van der Waals surface area (Å²) in [7, 11) is 0. The number of nitrogens with zero attached hydrogens (tertiary/aromatic N) is 7. The second-order valence-corrected chi connectivity index (χ2v) is 9.27. The van der Waals surface area contributed by atoms with Crippen molar-refractivity contribution in [1.82, 2.24) is 29.7 Å². The van der Waals surface area contributed by atoms with Crippen LogP contribution >= 0.6 is 0 Å². The van der Waals surface area contributed by atoms with Crippen LogP contribution in [0, 0.1) is 17.2 Å². The minimum absolute atomic E-state index is 0.0507. The van der Waals surface area contributed by atoms with Gasteiger partial charge in [0, 0.05) is 37.3 Å². The van der Waals surface area contributed by atoms with E-state index in [9.17, 15) is 27.2 Å². The Bertz CT molecular complexity index is 1310. The third-order valence-electron chi connectivity index (χ3n) is 6.51. The highest BCUT2D eigenvalue weighted by molar-refractivity contribution is 5.55. The van der Waals surface area contributed by atoms with E-state index in [0.29, 0.717) is 37.1 Å². The van der Waals surface area contributed by atoms with Crippen molar-refractivity contribution in [2.75, 3.05) is 5.32 Å². The first-order valence-electron chi connectivity index (χ1n) is 11.5. The average molecular weight is 504 g/mol. The summed E-state index contributed by atoms with van der Waals surface area (Å²) in [5, 5.41) is 16.0. The van der Waals surface area contributed by atoms with Gasteiger partial charge in [0.2, 0.25) is 11.9 Å². The topological polar surface area (TPSA) is 105 Å². The molecule has 0 saturated heterocycles. The molecule has 8 nitrogen and oxygen atoms in total. The van der Waals surface area contributed by atoms with Crippen molar-refractivity contribution in [3.8, 4) is 12.0 Å². The molecular weight excluding hydrogens is 483 g/mol. The summed E-state index contributed by atoms with van der Waals surface area (Å²) < 4.78 is 67.2. The van der Waals surface area contributed by atoms with Crippen LogP contribution in [0.4, 0.5) is 33.6 Å². The van der Waals surface area contributed by atoms with Gasteiger partial charge in [-0.1, -0.05) is 0 Å². The Morgan fingerprint density at radius 1 is 1.14 bits per heavy atom. The lowest BCUT2D eigenvalue weighted by Gasteiger charge is -2.12. The van der Waals surface area contributed by atoms with Gasteiger partial charge in [-0.15, -0.1) is 0 Å². The normalized spacial score (nSPS) is 20.2. The second-order valence-electron chi connectivity index (χ2n) is 9.27. The van der Waals surface area contributed by atoms with Crippen molar-refractivity contribution in [2.45, 2.75) is 62.5 Å². The zero-order valence-corrected chi connectivity index (χ0v) is 18.9. The van der Waals surface area contributed by atoms with E-state index >= 15 is 0 Å². The van der Waals surface area contributed by atoms with E-state index in [0.717, 1.165) is 16.9 Å². The predicted molar refractivity (Wildman–Crippen MR) is 117 cm³/mol. The van der Waals surface area contributed by atoms with Crippen molar-refractivity contribution >= 4 is 11.6 Å². The van der Waals surface area contributed by atoms with E-state index in [-0.39, 0.29) is 42.9 Å². The van der Waals surface area contributed by atoms with Gasteiger partial charge in [-0.2, -0.15) is 38.5 Å². The first-order chi connectivity index (χ1) is 17.1. The number of aryl methyl sites for hydroxylation is 1. The van der Waals surface area contributed by atoms with Crippen LogP contribution in [0.5, 0.6) is 0 Å². The summed E-state index contributed by atoms with van der Waals surface area (Å²) in [6, 6.07) is 6.44.